The molecule has 0 aromatic carbocycles. The van der Waals surface area contributed by atoms with Gasteiger partial charge < -0.3 is 4.74 Å². The van der Waals surface area contributed by atoms with E-state index in [2.05, 4.69) is 19.6 Å². The Morgan fingerprint density at radius 2 is 2.38 bits per heavy atom. The van der Waals surface area contributed by atoms with Crippen molar-refractivity contribution in [2.45, 2.75) is 31.1 Å². The number of rotatable bonds is 0. The fraction of sp³-hybridized carbons (Fsp3) is 1.00. The predicted molar refractivity (Wildman–Crippen MR) is 37.4 cm³/mol. The largest absolute Gasteiger partial charge is 0.378 e. The predicted octanol–water partition coefficient (Wildman–Crippen LogP) is 1.48. The van der Waals surface area contributed by atoms with Crippen molar-refractivity contribution in [2.75, 3.05) is 6.61 Å². The van der Waals surface area contributed by atoms with Gasteiger partial charge in [-0.1, -0.05) is 0 Å². The number of ether oxygens (including phenoxy) is 1. The zero-order chi connectivity index (χ0) is 5.98. The molecule has 1 aliphatic rings. The maximum absolute atomic E-state index is 5.30. The Hall–Kier alpha value is 0.310. The quantitative estimate of drug-likeness (QED) is 0.491. The molecule has 1 heterocycles. The molecule has 0 aliphatic carbocycles. The molecule has 48 valence electrons. The van der Waals surface area contributed by atoms with Crippen LogP contribution >= 0.6 is 12.6 Å². The molecule has 1 fully saturated rings. The first-order chi connectivity index (χ1) is 3.79. The minimum Gasteiger partial charge on any atom is -0.378 e. The van der Waals surface area contributed by atoms with Gasteiger partial charge in [0, 0.05) is 11.9 Å². The minimum absolute atomic E-state index is 0.436. The average molecular weight is 132 g/mol. The van der Waals surface area contributed by atoms with Crippen molar-refractivity contribution in [1.82, 2.24) is 0 Å². The van der Waals surface area contributed by atoms with Crippen LogP contribution < -0.4 is 0 Å². The Kier molecular flexibility index (Phi) is 2.20. The Morgan fingerprint density at radius 3 is 2.75 bits per heavy atom. The van der Waals surface area contributed by atoms with Crippen molar-refractivity contribution in [3.63, 3.8) is 0 Å². The second-order valence-electron chi connectivity index (χ2n) is 2.36. The molecule has 8 heavy (non-hydrogen) atoms. The third-order valence-corrected chi connectivity index (χ3v) is 1.93. The highest BCUT2D eigenvalue weighted by atomic mass is 32.1. The summed E-state index contributed by atoms with van der Waals surface area (Å²) < 4.78 is 5.30. The maximum atomic E-state index is 5.30. The molecule has 0 saturated carbocycles. The molecule has 2 heteroatoms. The molecule has 0 aromatic rings. The lowest BCUT2D eigenvalue weighted by Gasteiger charge is -2.23. The highest BCUT2D eigenvalue weighted by Crippen LogP contribution is 2.17. The summed E-state index contributed by atoms with van der Waals surface area (Å²) in [6.45, 7) is 3.00. The first kappa shape index (κ1) is 6.43. The van der Waals surface area contributed by atoms with Gasteiger partial charge in [-0.15, -0.1) is 0 Å². The van der Waals surface area contributed by atoms with Crippen LogP contribution in [-0.2, 0) is 4.74 Å². The van der Waals surface area contributed by atoms with E-state index in [4.69, 9.17) is 4.74 Å². The van der Waals surface area contributed by atoms with E-state index in [0.717, 1.165) is 19.4 Å². The van der Waals surface area contributed by atoms with Gasteiger partial charge in [0.05, 0.1) is 6.10 Å². The molecule has 0 N–H and O–H groups in total. The van der Waals surface area contributed by atoms with Crippen LogP contribution in [0.2, 0.25) is 0 Å². The van der Waals surface area contributed by atoms with Crippen molar-refractivity contribution in [2.24, 2.45) is 0 Å². The number of hydrogen-bond acceptors (Lipinski definition) is 2. The standard InChI is InChI=1S/C6H12OS/c1-5-4-6(8)2-3-7-5/h5-6,8H,2-4H2,1H3/t5-,6?/m1/s1. The molecule has 1 nitrogen and oxygen atoms in total. The number of hydrogen-bond donors (Lipinski definition) is 1. The lowest BCUT2D eigenvalue weighted by atomic mass is 10.1. The zero-order valence-electron chi connectivity index (χ0n) is 5.13. The van der Waals surface area contributed by atoms with Crippen LogP contribution in [0.3, 0.4) is 0 Å². The van der Waals surface area contributed by atoms with Gasteiger partial charge in [-0.25, -0.2) is 0 Å². The normalized spacial score (nSPS) is 39.8. The van der Waals surface area contributed by atoms with Gasteiger partial charge in [-0.2, -0.15) is 12.6 Å². The summed E-state index contributed by atoms with van der Waals surface area (Å²) in [7, 11) is 0. The van der Waals surface area contributed by atoms with Gasteiger partial charge >= 0.3 is 0 Å². The van der Waals surface area contributed by atoms with Gasteiger partial charge in [0.15, 0.2) is 0 Å². The second kappa shape index (κ2) is 2.74. The van der Waals surface area contributed by atoms with Crippen LogP contribution in [0.1, 0.15) is 19.8 Å². The summed E-state index contributed by atoms with van der Waals surface area (Å²) in [6, 6.07) is 0. The second-order valence-corrected chi connectivity index (χ2v) is 3.09. The fourth-order valence-electron chi connectivity index (χ4n) is 0.974. The molecule has 2 atom stereocenters. The number of thiol groups is 1. The third kappa shape index (κ3) is 1.67. The Balaban J connectivity index is 2.23. The van der Waals surface area contributed by atoms with Crippen LogP contribution in [0.5, 0.6) is 0 Å². The van der Waals surface area contributed by atoms with Crippen LogP contribution in [0.25, 0.3) is 0 Å². The zero-order valence-corrected chi connectivity index (χ0v) is 6.03. The molecular formula is C6H12OS. The summed E-state index contributed by atoms with van der Waals surface area (Å²) in [5.74, 6) is 0. The lowest BCUT2D eigenvalue weighted by Crippen LogP contribution is -2.22. The van der Waals surface area contributed by atoms with Crippen molar-refractivity contribution in [1.29, 1.82) is 0 Å². The molecule has 1 aliphatic heterocycles. The van der Waals surface area contributed by atoms with E-state index >= 15 is 0 Å². The van der Waals surface area contributed by atoms with E-state index in [9.17, 15) is 0 Å². The van der Waals surface area contributed by atoms with E-state index in [1.807, 2.05) is 0 Å². The molecule has 1 unspecified atom stereocenters. The Morgan fingerprint density at radius 1 is 1.62 bits per heavy atom. The Bertz CT molecular complexity index is 66.9. The van der Waals surface area contributed by atoms with Crippen LogP contribution in [0.4, 0.5) is 0 Å². The summed E-state index contributed by atoms with van der Waals surface area (Å²) in [6.07, 6.45) is 2.67. The van der Waals surface area contributed by atoms with Crippen LogP contribution in [-0.4, -0.2) is 18.0 Å². The van der Waals surface area contributed by atoms with Crippen molar-refractivity contribution >= 4 is 12.6 Å². The first-order valence-electron chi connectivity index (χ1n) is 3.08. The van der Waals surface area contributed by atoms with Gasteiger partial charge in [0.2, 0.25) is 0 Å². The Labute approximate surface area is 55.8 Å². The van der Waals surface area contributed by atoms with Crippen molar-refractivity contribution < 1.29 is 4.74 Å². The van der Waals surface area contributed by atoms with Gasteiger partial charge in [-0.3, -0.25) is 0 Å². The molecule has 1 saturated heterocycles. The highest BCUT2D eigenvalue weighted by Gasteiger charge is 2.14. The van der Waals surface area contributed by atoms with E-state index < -0.39 is 0 Å². The SMILES string of the molecule is C[C@@H]1CC(S)CCO1. The van der Waals surface area contributed by atoms with E-state index in [1.54, 1.807) is 0 Å². The molecule has 0 spiro atoms. The fourth-order valence-corrected chi connectivity index (χ4v) is 1.38. The van der Waals surface area contributed by atoms with Gasteiger partial charge in [-0.05, 0) is 19.8 Å². The smallest absolute Gasteiger partial charge is 0.0557 e. The summed E-state index contributed by atoms with van der Waals surface area (Å²) in [5, 5.41) is 0.582. The molecular weight excluding hydrogens is 120 g/mol. The van der Waals surface area contributed by atoms with E-state index in [0.29, 0.717) is 11.4 Å². The van der Waals surface area contributed by atoms with Crippen LogP contribution in [0, 0.1) is 0 Å². The molecule has 0 aromatic heterocycles. The summed E-state index contributed by atoms with van der Waals surface area (Å²) in [5.41, 5.74) is 0. The first-order valence-corrected chi connectivity index (χ1v) is 3.60. The third-order valence-electron chi connectivity index (χ3n) is 1.46. The topological polar surface area (TPSA) is 9.23 Å². The maximum Gasteiger partial charge on any atom is 0.0557 e. The molecule has 0 bridgehead atoms. The molecule has 0 amide bonds. The molecule has 0 radical (unpaired) electrons. The van der Waals surface area contributed by atoms with Crippen LogP contribution in [0.15, 0.2) is 0 Å². The van der Waals surface area contributed by atoms with Crippen molar-refractivity contribution in [3.05, 3.63) is 0 Å². The van der Waals surface area contributed by atoms with Gasteiger partial charge in [0.25, 0.3) is 0 Å². The minimum atomic E-state index is 0.436. The monoisotopic (exact) mass is 132 g/mol. The lowest BCUT2D eigenvalue weighted by molar-refractivity contribution is 0.0317. The van der Waals surface area contributed by atoms with Crippen molar-refractivity contribution in [3.8, 4) is 0 Å². The van der Waals surface area contributed by atoms with Gasteiger partial charge in [0.1, 0.15) is 0 Å². The highest BCUT2D eigenvalue weighted by molar-refractivity contribution is 7.80. The summed E-state index contributed by atoms with van der Waals surface area (Å²) >= 11 is 4.34. The van der Waals surface area contributed by atoms with E-state index in [1.165, 1.54) is 0 Å². The average Bonchev–Trinajstić information content (AvgIpc) is 1.64. The summed E-state index contributed by atoms with van der Waals surface area (Å²) in [4.78, 5) is 0. The van der Waals surface area contributed by atoms with E-state index in [-0.39, 0.29) is 0 Å². The molecule has 1 rings (SSSR count).